The number of fused-ring (bicyclic) bond motifs is 1. The van der Waals surface area contributed by atoms with Crippen LogP contribution in [0.15, 0.2) is 30.5 Å². The number of aromatic nitrogens is 2. The highest BCUT2D eigenvalue weighted by atomic mass is 32.1. The highest BCUT2D eigenvalue weighted by Crippen LogP contribution is 2.46. The van der Waals surface area contributed by atoms with Crippen molar-refractivity contribution in [2.45, 2.75) is 26.4 Å². The lowest BCUT2D eigenvalue weighted by Gasteiger charge is -2.36. The van der Waals surface area contributed by atoms with Crippen LogP contribution in [-0.4, -0.2) is 45.8 Å². The third-order valence-corrected chi connectivity index (χ3v) is 7.75. The molecule has 4 heterocycles. The van der Waals surface area contributed by atoms with Crippen LogP contribution in [0.2, 0.25) is 0 Å². The maximum atomic E-state index is 11.9. The van der Waals surface area contributed by atoms with Crippen molar-refractivity contribution in [2.24, 2.45) is 5.92 Å². The Labute approximate surface area is 194 Å². The summed E-state index contributed by atoms with van der Waals surface area (Å²) in [7, 11) is 0. The van der Waals surface area contributed by atoms with E-state index in [1.54, 1.807) is 17.5 Å². The Kier molecular flexibility index (Phi) is 4.57. The molecule has 2 aromatic heterocycles. The molecule has 1 saturated heterocycles. The third kappa shape index (κ3) is 3.08. The zero-order valence-electron chi connectivity index (χ0n) is 18.3. The van der Waals surface area contributed by atoms with Crippen LogP contribution in [0, 0.1) is 12.8 Å². The standard InChI is InChI=1S/C25H23N3O4S/c1-12-10-28(11-12)25-27-16-9-13(2)18(22(29)24(30)31)20(23(16)33-25)15-3-4-17-19-14(6-8-32-17)5-7-26-21(15)19/h3-5,7,9,12,22,29H,6,8,10-11H2,1-2H3,(H,30,31). The molecule has 6 rings (SSSR count). The van der Waals surface area contributed by atoms with E-state index in [1.807, 2.05) is 31.2 Å². The summed E-state index contributed by atoms with van der Waals surface area (Å²) in [5, 5.41) is 22.3. The van der Waals surface area contributed by atoms with Crippen LogP contribution in [0.5, 0.6) is 5.75 Å². The topological polar surface area (TPSA) is 95.8 Å². The van der Waals surface area contributed by atoms with Crippen LogP contribution < -0.4 is 9.64 Å². The molecule has 2 aliphatic rings. The smallest absolute Gasteiger partial charge is 0.337 e. The van der Waals surface area contributed by atoms with Gasteiger partial charge in [-0.15, -0.1) is 0 Å². The predicted molar refractivity (Wildman–Crippen MR) is 128 cm³/mol. The molecule has 0 radical (unpaired) electrons. The number of rotatable bonds is 4. The van der Waals surface area contributed by atoms with E-state index in [1.165, 1.54) is 0 Å². The minimum Gasteiger partial charge on any atom is -0.493 e. The first-order valence-corrected chi connectivity index (χ1v) is 11.9. The molecule has 0 bridgehead atoms. The van der Waals surface area contributed by atoms with Gasteiger partial charge in [-0.25, -0.2) is 9.78 Å². The summed E-state index contributed by atoms with van der Waals surface area (Å²) in [6.45, 7) is 6.58. The Morgan fingerprint density at radius 3 is 2.88 bits per heavy atom. The SMILES string of the molecule is Cc1cc2nc(N3CC(C)C3)sc2c(-c2ccc3c4c(ccnc24)CCO3)c1C(O)C(=O)O. The number of benzene rings is 2. The molecule has 1 fully saturated rings. The Morgan fingerprint density at radius 1 is 1.30 bits per heavy atom. The minimum atomic E-state index is -1.65. The number of carboxylic acid groups (broad SMARTS) is 1. The van der Waals surface area contributed by atoms with Crippen molar-refractivity contribution in [1.82, 2.24) is 9.97 Å². The number of carboxylic acids is 1. The first kappa shape index (κ1) is 20.4. The van der Waals surface area contributed by atoms with E-state index in [0.717, 1.165) is 62.6 Å². The fraction of sp³-hybridized carbons (Fsp3) is 0.320. The number of thiazole rings is 1. The molecule has 2 aliphatic heterocycles. The number of ether oxygens (including phenoxy) is 1. The van der Waals surface area contributed by atoms with E-state index in [2.05, 4.69) is 16.8 Å². The first-order chi connectivity index (χ1) is 15.9. The average molecular weight is 462 g/mol. The van der Waals surface area contributed by atoms with Crippen LogP contribution in [0.4, 0.5) is 5.13 Å². The Bertz CT molecular complexity index is 1430. The summed E-state index contributed by atoms with van der Waals surface area (Å²) in [6, 6.07) is 7.74. The van der Waals surface area contributed by atoms with Gasteiger partial charge >= 0.3 is 5.97 Å². The molecule has 168 valence electrons. The van der Waals surface area contributed by atoms with Crippen molar-refractivity contribution in [3.63, 3.8) is 0 Å². The fourth-order valence-corrected chi connectivity index (χ4v) is 6.17. The number of aliphatic hydroxyl groups is 1. The van der Waals surface area contributed by atoms with Gasteiger partial charge in [-0.1, -0.05) is 18.3 Å². The van der Waals surface area contributed by atoms with Gasteiger partial charge in [0.15, 0.2) is 11.2 Å². The minimum absolute atomic E-state index is 0.390. The van der Waals surface area contributed by atoms with Crippen molar-refractivity contribution in [2.75, 3.05) is 24.6 Å². The van der Waals surface area contributed by atoms with Gasteiger partial charge in [0.1, 0.15) is 5.75 Å². The van der Waals surface area contributed by atoms with E-state index in [0.29, 0.717) is 29.2 Å². The van der Waals surface area contributed by atoms with Gasteiger partial charge in [-0.3, -0.25) is 4.98 Å². The quantitative estimate of drug-likeness (QED) is 0.467. The molecule has 2 N–H and O–H groups in total. The number of hydrogen-bond donors (Lipinski definition) is 2. The highest BCUT2D eigenvalue weighted by Gasteiger charge is 2.30. The predicted octanol–water partition coefficient (Wildman–Crippen LogP) is 4.33. The molecule has 33 heavy (non-hydrogen) atoms. The summed E-state index contributed by atoms with van der Waals surface area (Å²) in [4.78, 5) is 23.7. The van der Waals surface area contributed by atoms with Crippen LogP contribution in [-0.2, 0) is 11.2 Å². The molecule has 0 aliphatic carbocycles. The molecular weight excluding hydrogens is 438 g/mol. The Morgan fingerprint density at radius 2 is 2.12 bits per heavy atom. The van der Waals surface area contributed by atoms with Crippen molar-refractivity contribution in [3.8, 4) is 16.9 Å². The van der Waals surface area contributed by atoms with E-state index in [-0.39, 0.29) is 0 Å². The fourth-order valence-electron chi connectivity index (χ4n) is 5.04. The lowest BCUT2D eigenvalue weighted by molar-refractivity contribution is -0.146. The second-order valence-electron chi connectivity index (χ2n) is 8.98. The third-order valence-electron chi connectivity index (χ3n) is 6.60. The zero-order chi connectivity index (χ0) is 22.9. The Balaban J connectivity index is 1.68. The number of aliphatic hydroxyl groups excluding tert-OH is 1. The second kappa shape index (κ2) is 7.40. The summed E-state index contributed by atoms with van der Waals surface area (Å²) in [5.41, 5.74) is 5.28. The van der Waals surface area contributed by atoms with Gasteiger partial charge in [0, 0.05) is 47.8 Å². The van der Waals surface area contributed by atoms with Crippen LogP contribution in [0.3, 0.4) is 0 Å². The van der Waals surface area contributed by atoms with Crippen molar-refractivity contribution in [3.05, 3.63) is 47.2 Å². The van der Waals surface area contributed by atoms with Crippen molar-refractivity contribution < 1.29 is 19.7 Å². The maximum Gasteiger partial charge on any atom is 0.337 e. The largest absolute Gasteiger partial charge is 0.493 e. The molecule has 0 saturated carbocycles. The molecule has 1 unspecified atom stereocenters. The normalized spacial score (nSPS) is 16.6. The number of carbonyl (C=O) groups is 1. The monoisotopic (exact) mass is 461 g/mol. The number of aliphatic carboxylic acids is 1. The first-order valence-electron chi connectivity index (χ1n) is 11.1. The number of hydrogen-bond acceptors (Lipinski definition) is 7. The van der Waals surface area contributed by atoms with E-state index >= 15 is 0 Å². The van der Waals surface area contributed by atoms with Gasteiger partial charge in [-0.2, -0.15) is 0 Å². The van der Waals surface area contributed by atoms with Crippen molar-refractivity contribution >= 4 is 43.6 Å². The number of nitrogens with zero attached hydrogens (tertiary/aromatic N) is 3. The van der Waals surface area contributed by atoms with E-state index in [4.69, 9.17) is 9.72 Å². The molecule has 8 heteroatoms. The molecule has 4 aromatic rings. The maximum absolute atomic E-state index is 11.9. The van der Waals surface area contributed by atoms with Crippen LogP contribution in [0.1, 0.15) is 29.7 Å². The molecular formula is C25H23N3O4S. The van der Waals surface area contributed by atoms with Gasteiger partial charge in [0.05, 0.1) is 22.3 Å². The lowest BCUT2D eigenvalue weighted by Crippen LogP contribution is -2.45. The van der Waals surface area contributed by atoms with Gasteiger partial charge < -0.3 is 19.8 Å². The van der Waals surface area contributed by atoms with E-state index < -0.39 is 12.1 Å². The summed E-state index contributed by atoms with van der Waals surface area (Å²) >= 11 is 1.55. The lowest BCUT2D eigenvalue weighted by atomic mass is 9.89. The van der Waals surface area contributed by atoms with Crippen LogP contribution >= 0.6 is 11.3 Å². The Hall–Kier alpha value is -3.23. The van der Waals surface area contributed by atoms with Gasteiger partial charge in [-0.05, 0) is 48.2 Å². The summed E-state index contributed by atoms with van der Waals surface area (Å²) in [5.74, 6) is 0.137. The number of pyridine rings is 1. The van der Waals surface area contributed by atoms with Crippen LogP contribution in [0.25, 0.3) is 32.2 Å². The zero-order valence-corrected chi connectivity index (χ0v) is 19.1. The number of anilines is 1. The second-order valence-corrected chi connectivity index (χ2v) is 9.96. The summed E-state index contributed by atoms with van der Waals surface area (Å²) < 4.78 is 6.75. The molecule has 0 spiro atoms. The highest BCUT2D eigenvalue weighted by molar-refractivity contribution is 7.22. The van der Waals surface area contributed by atoms with E-state index in [9.17, 15) is 15.0 Å². The molecule has 0 amide bonds. The molecule has 7 nitrogen and oxygen atoms in total. The molecule has 2 aromatic carbocycles. The molecule has 1 atom stereocenters. The summed E-state index contributed by atoms with van der Waals surface area (Å²) in [6.07, 6.45) is 0.929. The average Bonchev–Trinajstić information content (AvgIpc) is 3.19. The number of aryl methyl sites for hydroxylation is 1. The van der Waals surface area contributed by atoms with Gasteiger partial charge in [0.25, 0.3) is 0 Å². The van der Waals surface area contributed by atoms with Gasteiger partial charge in [0.2, 0.25) is 0 Å². The van der Waals surface area contributed by atoms with Crippen molar-refractivity contribution in [1.29, 1.82) is 0 Å².